The predicted molar refractivity (Wildman–Crippen MR) is 129 cm³/mol. The summed E-state index contributed by atoms with van der Waals surface area (Å²) in [5.74, 6) is 1.25. The van der Waals surface area contributed by atoms with Gasteiger partial charge in [0.15, 0.2) is 0 Å². The highest BCUT2D eigenvalue weighted by Gasteiger charge is 2.16. The van der Waals surface area contributed by atoms with E-state index in [1.54, 1.807) is 0 Å². The number of para-hydroxylation sites is 1. The van der Waals surface area contributed by atoms with Crippen LogP contribution in [0.25, 0.3) is 0 Å². The summed E-state index contributed by atoms with van der Waals surface area (Å²) >= 11 is 0. The first-order valence-corrected chi connectivity index (χ1v) is 12.3. The Morgan fingerprint density at radius 3 is 1.94 bits per heavy atom. The number of aryl methyl sites for hydroxylation is 2. The van der Waals surface area contributed by atoms with Crippen molar-refractivity contribution in [1.82, 2.24) is 0 Å². The standard InChI is InChI=1S/C28H40O3/c1-4-7-9-11-17-23-19-15-22-27(25(23)20-12-10-8-5-2)31-28(29)30-26-21-14-13-18-24(26)16-6-3/h13-15,18-19,21-22H,4-12,16-17,20H2,1-3H3. The maximum absolute atomic E-state index is 12.6. The average Bonchev–Trinajstić information content (AvgIpc) is 2.77. The molecule has 0 aliphatic carbocycles. The Hall–Kier alpha value is -2.29. The topological polar surface area (TPSA) is 35.5 Å². The summed E-state index contributed by atoms with van der Waals surface area (Å²) in [5.41, 5.74) is 3.52. The lowest BCUT2D eigenvalue weighted by Crippen LogP contribution is -2.16. The van der Waals surface area contributed by atoms with Crippen molar-refractivity contribution in [2.75, 3.05) is 0 Å². The van der Waals surface area contributed by atoms with Gasteiger partial charge in [0, 0.05) is 0 Å². The van der Waals surface area contributed by atoms with Gasteiger partial charge < -0.3 is 9.47 Å². The van der Waals surface area contributed by atoms with Crippen LogP contribution < -0.4 is 9.47 Å². The highest BCUT2D eigenvalue weighted by molar-refractivity contribution is 5.68. The van der Waals surface area contributed by atoms with Gasteiger partial charge in [-0.05, 0) is 60.9 Å². The fourth-order valence-electron chi connectivity index (χ4n) is 3.98. The van der Waals surface area contributed by atoms with E-state index in [1.165, 1.54) is 56.1 Å². The molecule has 170 valence electrons. The van der Waals surface area contributed by atoms with Crippen LogP contribution in [0.2, 0.25) is 0 Å². The molecule has 0 N–H and O–H groups in total. The summed E-state index contributed by atoms with van der Waals surface area (Å²) in [6, 6.07) is 13.8. The smallest absolute Gasteiger partial charge is 0.394 e. The Balaban J connectivity index is 2.12. The maximum Gasteiger partial charge on any atom is 0.519 e. The Bertz CT molecular complexity index is 782. The number of rotatable bonds is 14. The lowest BCUT2D eigenvalue weighted by atomic mass is 9.96. The third-order valence-electron chi connectivity index (χ3n) is 5.69. The monoisotopic (exact) mass is 424 g/mol. The molecule has 0 aromatic heterocycles. The zero-order valence-corrected chi connectivity index (χ0v) is 19.8. The van der Waals surface area contributed by atoms with Crippen LogP contribution in [0, 0.1) is 0 Å². The molecular formula is C28H40O3. The van der Waals surface area contributed by atoms with Gasteiger partial charge in [-0.1, -0.05) is 96.0 Å². The molecule has 3 heteroatoms. The number of ether oxygens (including phenoxy) is 2. The zero-order chi connectivity index (χ0) is 22.3. The van der Waals surface area contributed by atoms with Crippen molar-refractivity contribution in [3.63, 3.8) is 0 Å². The van der Waals surface area contributed by atoms with Crippen molar-refractivity contribution in [1.29, 1.82) is 0 Å². The van der Waals surface area contributed by atoms with Crippen molar-refractivity contribution in [3.05, 3.63) is 59.2 Å². The van der Waals surface area contributed by atoms with Gasteiger partial charge in [-0.2, -0.15) is 0 Å². The van der Waals surface area contributed by atoms with Crippen LogP contribution >= 0.6 is 0 Å². The van der Waals surface area contributed by atoms with Gasteiger partial charge in [-0.25, -0.2) is 4.79 Å². The van der Waals surface area contributed by atoms with Crippen LogP contribution in [0.3, 0.4) is 0 Å². The molecule has 0 amide bonds. The van der Waals surface area contributed by atoms with Gasteiger partial charge in [-0.3, -0.25) is 0 Å². The van der Waals surface area contributed by atoms with Crippen molar-refractivity contribution in [2.24, 2.45) is 0 Å². The molecule has 0 bridgehead atoms. The average molecular weight is 425 g/mol. The second-order valence-corrected chi connectivity index (χ2v) is 8.33. The molecule has 0 aliphatic rings. The largest absolute Gasteiger partial charge is 0.519 e. The van der Waals surface area contributed by atoms with Crippen LogP contribution in [0.15, 0.2) is 42.5 Å². The van der Waals surface area contributed by atoms with E-state index in [9.17, 15) is 4.79 Å². The molecule has 3 nitrogen and oxygen atoms in total. The SMILES string of the molecule is CCCCCCc1cccc(OC(=O)Oc2ccccc2CCC)c1CCCCCC. The van der Waals surface area contributed by atoms with Crippen LogP contribution in [-0.2, 0) is 19.3 Å². The van der Waals surface area contributed by atoms with E-state index in [0.29, 0.717) is 11.5 Å². The molecule has 0 saturated carbocycles. The van der Waals surface area contributed by atoms with Crippen LogP contribution in [0.5, 0.6) is 11.5 Å². The van der Waals surface area contributed by atoms with Gasteiger partial charge >= 0.3 is 6.16 Å². The molecule has 0 fully saturated rings. The van der Waals surface area contributed by atoms with Crippen molar-refractivity contribution < 1.29 is 14.3 Å². The molecule has 0 spiro atoms. The van der Waals surface area contributed by atoms with Crippen LogP contribution in [-0.4, -0.2) is 6.16 Å². The summed E-state index contributed by atoms with van der Waals surface area (Å²) in [5, 5.41) is 0. The Labute approximate surface area is 189 Å². The lowest BCUT2D eigenvalue weighted by molar-refractivity contribution is 0.151. The number of carbonyl (C=O) groups is 1. The van der Waals surface area contributed by atoms with Gasteiger partial charge in [0.05, 0.1) is 0 Å². The van der Waals surface area contributed by atoms with E-state index in [1.807, 2.05) is 36.4 Å². The minimum Gasteiger partial charge on any atom is -0.394 e. The molecule has 2 aromatic rings. The number of benzene rings is 2. The first-order chi connectivity index (χ1) is 15.2. The van der Waals surface area contributed by atoms with E-state index in [2.05, 4.69) is 26.8 Å². The van der Waals surface area contributed by atoms with E-state index in [-0.39, 0.29) is 0 Å². The minimum absolute atomic E-state index is 0.592. The van der Waals surface area contributed by atoms with E-state index in [4.69, 9.17) is 9.47 Å². The summed E-state index contributed by atoms with van der Waals surface area (Å²) in [6.45, 7) is 6.58. The molecular weight excluding hydrogens is 384 g/mol. The fourth-order valence-corrected chi connectivity index (χ4v) is 3.98. The maximum atomic E-state index is 12.6. The molecule has 2 rings (SSSR count). The van der Waals surface area contributed by atoms with Gasteiger partial charge in [0.2, 0.25) is 0 Å². The number of unbranched alkanes of at least 4 members (excludes halogenated alkanes) is 6. The number of hydrogen-bond donors (Lipinski definition) is 0. The van der Waals surface area contributed by atoms with Crippen molar-refractivity contribution in [2.45, 2.75) is 97.8 Å². The molecule has 0 saturated heterocycles. The second kappa shape index (κ2) is 14.7. The van der Waals surface area contributed by atoms with Gasteiger partial charge in [-0.15, -0.1) is 0 Å². The normalized spacial score (nSPS) is 10.8. The predicted octanol–water partition coefficient (Wildman–Crippen LogP) is 8.46. The third-order valence-corrected chi connectivity index (χ3v) is 5.69. The molecule has 31 heavy (non-hydrogen) atoms. The van der Waals surface area contributed by atoms with E-state index < -0.39 is 6.16 Å². The summed E-state index contributed by atoms with van der Waals surface area (Å²) < 4.78 is 11.3. The second-order valence-electron chi connectivity index (χ2n) is 8.33. The summed E-state index contributed by atoms with van der Waals surface area (Å²) in [4.78, 5) is 12.6. The molecule has 2 aromatic carbocycles. The Morgan fingerprint density at radius 2 is 1.23 bits per heavy atom. The highest BCUT2D eigenvalue weighted by Crippen LogP contribution is 2.28. The fraction of sp³-hybridized carbons (Fsp3) is 0.536. The zero-order valence-electron chi connectivity index (χ0n) is 19.8. The van der Waals surface area contributed by atoms with Crippen LogP contribution in [0.1, 0.15) is 95.2 Å². The first kappa shape index (κ1) is 25.0. The number of hydrogen-bond acceptors (Lipinski definition) is 3. The van der Waals surface area contributed by atoms with Crippen molar-refractivity contribution in [3.8, 4) is 11.5 Å². The summed E-state index contributed by atoms with van der Waals surface area (Å²) in [6.07, 6.45) is 12.9. The molecule has 0 unspecified atom stereocenters. The minimum atomic E-state index is -0.651. The van der Waals surface area contributed by atoms with E-state index >= 15 is 0 Å². The van der Waals surface area contributed by atoms with Crippen molar-refractivity contribution >= 4 is 6.16 Å². The number of carbonyl (C=O) groups excluding carboxylic acids is 1. The summed E-state index contributed by atoms with van der Waals surface area (Å²) in [7, 11) is 0. The third kappa shape index (κ3) is 8.77. The lowest BCUT2D eigenvalue weighted by Gasteiger charge is -2.15. The van der Waals surface area contributed by atoms with E-state index in [0.717, 1.165) is 37.7 Å². The first-order valence-electron chi connectivity index (χ1n) is 12.3. The molecule has 0 aliphatic heterocycles. The molecule has 0 radical (unpaired) electrons. The molecule has 0 heterocycles. The Kier molecular flexibility index (Phi) is 11.8. The van der Waals surface area contributed by atoms with Gasteiger partial charge in [0.25, 0.3) is 0 Å². The quantitative estimate of drug-likeness (QED) is 0.173. The van der Waals surface area contributed by atoms with Gasteiger partial charge in [0.1, 0.15) is 11.5 Å². The molecule has 0 atom stereocenters. The Morgan fingerprint density at radius 1 is 0.613 bits per heavy atom. The highest BCUT2D eigenvalue weighted by atomic mass is 16.7. The van der Waals surface area contributed by atoms with Crippen LogP contribution in [0.4, 0.5) is 4.79 Å².